The lowest BCUT2D eigenvalue weighted by molar-refractivity contribution is -0.118. The van der Waals surface area contributed by atoms with Crippen LogP contribution in [0.25, 0.3) is 11.0 Å². The van der Waals surface area contributed by atoms with E-state index in [1.807, 2.05) is 0 Å². The average Bonchev–Trinajstić information content (AvgIpc) is 2.86. The van der Waals surface area contributed by atoms with E-state index in [1.165, 1.54) is 18.4 Å². The number of amides is 1. The Morgan fingerprint density at radius 1 is 1.00 bits per heavy atom. The van der Waals surface area contributed by atoms with Crippen molar-refractivity contribution in [3.05, 3.63) is 93.8 Å². The van der Waals surface area contributed by atoms with E-state index in [4.69, 9.17) is 30.2 Å². The van der Waals surface area contributed by atoms with E-state index in [0.29, 0.717) is 27.8 Å². The maximum absolute atomic E-state index is 12.8. The standard InChI is InChI=1S/C26H20ClNO7/c1-2-32-26(31)16-7-9-17(10-8-16)28-24(29)15-33-18-11-12-19-22(13-18)34-14-23(25(19)30)35-21-6-4-3-5-20(21)27/h3-14H,2,15H2,1H3,(H,28,29). The number of carbonyl (C=O) groups is 2. The number of nitrogens with one attached hydrogen (secondary N) is 1. The number of rotatable bonds is 8. The fraction of sp³-hybridized carbons (Fsp3) is 0.115. The zero-order chi connectivity index (χ0) is 24.8. The number of carbonyl (C=O) groups excluding carboxylic acids is 2. The van der Waals surface area contributed by atoms with E-state index in [2.05, 4.69) is 5.32 Å². The van der Waals surface area contributed by atoms with Gasteiger partial charge >= 0.3 is 5.97 Å². The second kappa shape index (κ2) is 10.8. The van der Waals surface area contributed by atoms with Crippen molar-refractivity contribution in [2.45, 2.75) is 6.92 Å². The largest absolute Gasteiger partial charge is 0.484 e. The van der Waals surface area contributed by atoms with Crippen molar-refractivity contribution in [3.63, 3.8) is 0 Å². The van der Waals surface area contributed by atoms with Crippen LogP contribution in [0.15, 0.2) is 82.2 Å². The lowest BCUT2D eigenvalue weighted by atomic mass is 10.2. The minimum atomic E-state index is -0.431. The molecule has 0 fully saturated rings. The van der Waals surface area contributed by atoms with Gasteiger partial charge in [-0.25, -0.2) is 4.79 Å². The number of benzene rings is 3. The third-order valence-electron chi connectivity index (χ3n) is 4.82. The summed E-state index contributed by atoms with van der Waals surface area (Å²) in [5.74, 6) is -0.165. The van der Waals surface area contributed by atoms with E-state index in [1.54, 1.807) is 61.5 Å². The highest BCUT2D eigenvalue weighted by molar-refractivity contribution is 6.32. The molecule has 35 heavy (non-hydrogen) atoms. The smallest absolute Gasteiger partial charge is 0.338 e. The fourth-order valence-corrected chi connectivity index (χ4v) is 3.32. The lowest BCUT2D eigenvalue weighted by Crippen LogP contribution is -2.20. The topological polar surface area (TPSA) is 104 Å². The van der Waals surface area contributed by atoms with Crippen LogP contribution in [-0.4, -0.2) is 25.1 Å². The van der Waals surface area contributed by atoms with Gasteiger partial charge in [0.05, 0.1) is 22.6 Å². The van der Waals surface area contributed by atoms with Gasteiger partial charge in [-0.15, -0.1) is 0 Å². The third-order valence-corrected chi connectivity index (χ3v) is 5.13. The van der Waals surface area contributed by atoms with Crippen LogP contribution in [0, 0.1) is 0 Å². The van der Waals surface area contributed by atoms with Crippen LogP contribution in [0.3, 0.4) is 0 Å². The maximum Gasteiger partial charge on any atom is 0.338 e. The normalized spacial score (nSPS) is 10.6. The average molecular weight is 494 g/mol. The Labute approximate surface area is 205 Å². The van der Waals surface area contributed by atoms with Gasteiger partial charge in [0.15, 0.2) is 6.61 Å². The Hall–Kier alpha value is -4.30. The number of para-hydroxylation sites is 1. The summed E-state index contributed by atoms with van der Waals surface area (Å²) in [6.07, 6.45) is 1.20. The maximum atomic E-state index is 12.8. The van der Waals surface area contributed by atoms with Gasteiger partial charge in [-0.05, 0) is 55.5 Å². The molecule has 0 aliphatic rings. The molecule has 0 atom stereocenters. The first-order valence-corrected chi connectivity index (χ1v) is 11.0. The molecule has 0 bridgehead atoms. The van der Waals surface area contributed by atoms with E-state index < -0.39 is 11.9 Å². The van der Waals surface area contributed by atoms with Gasteiger partial charge in [0, 0.05) is 11.8 Å². The monoisotopic (exact) mass is 493 g/mol. The summed E-state index contributed by atoms with van der Waals surface area (Å²) in [5.41, 5.74) is 0.789. The molecular weight excluding hydrogens is 474 g/mol. The van der Waals surface area contributed by atoms with Crippen LogP contribution in [0.5, 0.6) is 17.2 Å². The van der Waals surface area contributed by atoms with Crippen molar-refractivity contribution in [1.82, 2.24) is 0 Å². The van der Waals surface area contributed by atoms with Crippen molar-refractivity contribution in [2.24, 2.45) is 0 Å². The highest BCUT2D eigenvalue weighted by atomic mass is 35.5. The molecule has 8 nitrogen and oxygen atoms in total. The minimum Gasteiger partial charge on any atom is -0.484 e. The van der Waals surface area contributed by atoms with Gasteiger partial charge < -0.3 is 23.9 Å². The molecule has 1 N–H and O–H groups in total. The molecule has 0 radical (unpaired) electrons. The molecule has 0 unspecified atom stereocenters. The first-order chi connectivity index (χ1) is 16.9. The highest BCUT2D eigenvalue weighted by Crippen LogP contribution is 2.29. The molecule has 1 heterocycles. The summed E-state index contributed by atoms with van der Waals surface area (Å²) in [4.78, 5) is 36.7. The van der Waals surface area contributed by atoms with Gasteiger partial charge in [-0.3, -0.25) is 9.59 Å². The molecule has 0 spiro atoms. The summed E-state index contributed by atoms with van der Waals surface area (Å²) in [6.45, 7) is 1.73. The number of hydrogen-bond acceptors (Lipinski definition) is 7. The Morgan fingerprint density at radius 2 is 1.77 bits per heavy atom. The van der Waals surface area contributed by atoms with Gasteiger partial charge in [-0.2, -0.15) is 0 Å². The van der Waals surface area contributed by atoms with Crippen molar-refractivity contribution >= 4 is 40.1 Å². The molecule has 3 aromatic carbocycles. The summed E-state index contributed by atoms with van der Waals surface area (Å²) >= 11 is 6.08. The molecule has 0 aliphatic heterocycles. The Kier molecular flexibility index (Phi) is 7.32. The number of ether oxygens (including phenoxy) is 3. The third kappa shape index (κ3) is 5.80. The molecule has 1 amide bonds. The fourth-order valence-electron chi connectivity index (χ4n) is 3.15. The molecule has 1 aromatic heterocycles. The Balaban J connectivity index is 1.39. The van der Waals surface area contributed by atoms with Crippen LogP contribution in [0.1, 0.15) is 17.3 Å². The summed E-state index contributed by atoms with van der Waals surface area (Å²) in [7, 11) is 0. The van der Waals surface area contributed by atoms with E-state index in [9.17, 15) is 14.4 Å². The SMILES string of the molecule is CCOC(=O)c1ccc(NC(=O)COc2ccc3c(=O)c(Oc4ccccc4Cl)coc3c2)cc1. The molecule has 0 aliphatic carbocycles. The van der Waals surface area contributed by atoms with Crippen molar-refractivity contribution < 1.29 is 28.2 Å². The van der Waals surface area contributed by atoms with Gasteiger partial charge in [0.2, 0.25) is 11.2 Å². The van der Waals surface area contributed by atoms with Crippen LogP contribution >= 0.6 is 11.6 Å². The van der Waals surface area contributed by atoms with Crippen LogP contribution in [0.4, 0.5) is 5.69 Å². The van der Waals surface area contributed by atoms with Crippen LogP contribution < -0.4 is 20.2 Å². The zero-order valence-electron chi connectivity index (χ0n) is 18.6. The molecule has 178 valence electrons. The van der Waals surface area contributed by atoms with Crippen molar-refractivity contribution in [2.75, 3.05) is 18.5 Å². The quantitative estimate of drug-likeness (QED) is 0.326. The van der Waals surface area contributed by atoms with Gasteiger partial charge in [-0.1, -0.05) is 23.7 Å². The second-order valence-electron chi connectivity index (χ2n) is 7.25. The zero-order valence-corrected chi connectivity index (χ0v) is 19.3. The van der Waals surface area contributed by atoms with E-state index >= 15 is 0 Å². The molecule has 0 saturated heterocycles. The minimum absolute atomic E-state index is 0.00683. The second-order valence-corrected chi connectivity index (χ2v) is 7.66. The number of esters is 1. The summed E-state index contributed by atoms with van der Waals surface area (Å²) in [6, 6.07) is 17.7. The molecule has 4 rings (SSSR count). The molecule has 0 saturated carbocycles. The first-order valence-electron chi connectivity index (χ1n) is 10.6. The van der Waals surface area contributed by atoms with E-state index in [-0.39, 0.29) is 35.4 Å². The Morgan fingerprint density at radius 3 is 2.51 bits per heavy atom. The van der Waals surface area contributed by atoms with Crippen LogP contribution in [0.2, 0.25) is 5.02 Å². The number of hydrogen-bond donors (Lipinski definition) is 1. The predicted octanol–water partition coefficient (Wildman–Crippen LogP) is 5.43. The molecule has 9 heteroatoms. The van der Waals surface area contributed by atoms with Gasteiger partial charge in [0.1, 0.15) is 23.3 Å². The predicted molar refractivity (Wildman–Crippen MR) is 131 cm³/mol. The summed E-state index contributed by atoms with van der Waals surface area (Å²) < 4.78 is 21.6. The number of halogens is 1. The van der Waals surface area contributed by atoms with Crippen molar-refractivity contribution in [3.8, 4) is 17.2 Å². The number of fused-ring (bicyclic) bond motifs is 1. The first kappa shape index (κ1) is 23.8. The van der Waals surface area contributed by atoms with Crippen molar-refractivity contribution in [1.29, 1.82) is 0 Å². The lowest BCUT2D eigenvalue weighted by Gasteiger charge is -2.09. The summed E-state index contributed by atoms with van der Waals surface area (Å²) in [5, 5.41) is 3.32. The number of anilines is 1. The molecular formula is C26H20ClNO7. The van der Waals surface area contributed by atoms with E-state index in [0.717, 1.165) is 0 Å². The van der Waals surface area contributed by atoms with Gasteiger partial charge in [0.25, 0.3) is 5.91 Å². The molecule has 4 aromatic rings. The highest BCUT2D eigenvalue weighted by Gasteiger charge is 2.13. The Bertz CT molecular complexity index is 1430. The van der Waals surface area contributed by atoms with Crippen LogP contribution in [-0.2, 0) is 9.53 Å².